The van der Waals surface area contributed by atoms with E-state index in [-0.39, 0.29) is 11.1 Å². The van der Waals surface area contributed by atoms with Gasteiger partial charge in [0.1, 0.15) is 17.3 Å². The molecule has 0 aliphatic carbocycles. The molecule has 0 saturated heterocycles. The lowest BCUT2D eigenvalue weighted by Crippen LogP contribution is -2.28. The van der Waals surface area contributed by atoms with Gasteiger partial charge in [-0.05, 0) is 61.0 Å². The number of benzene rings is 2. The van der Waals surface area contributed by atoms with Crippen molar-refractivity contribution in [3.05, 3.63) is 83.6 Å². The summed E-state index contributed by atoms with van der Waals surface area (Å²) in [6.45, 7) is 9.51. The Labute approximate surface area is 197 Å². The maximum atomic E-state index is 16.0. The van der Waals surface area contributed by atoms with E-state index in [4.69, 9.17) is 4.43 Å². The highest BCUT2D eigenvalue weighted by molar-refractivity contribution is 6.48. The fourth-order valence-corrected chi connectivity index (χ4v) is 4.88. The number of aromatic nitrogens is 2. The molecule has 0 aliphatic rings. The molecule has 177 valence electrons. The van der Waals surface area contributed by atoms with E-state index in [2.05, 4.69) is 4.98 Å². The van der Waals surface area contributed by atoms with Gasteiger partial charge in [-0.25, -0.2) is 22.5 Å². The summed E-state index contributed by atoms with van der Waals surface area (Å²) in [6, 6.07) is 11.3. The van der Waals surface area contributed by atoms with Gasteiger partial charge in [0, 0.05) is 17.3 Å². The molecule has 0 amide bonds. The summed E-state index contributed by atoms with van der Waals surface area (Å²) in [7, 11) is -1.25. The van der Waals surface area contributed by atoms with Crippen LogP contribution in [0.5, 0.6) is 0 Å². The van der Waals surface area contributed by atoms with Gasteiger partial charge in [-0.3, -0.25) is 4.40 Å². The minimum Gasteiger partial charge on any atom is -0.410 e. The molecule has 3 nitrogen and oxygen atoms in total. The van der Waals surface area contributed by atoms with Crippen LogP contribution in [0.2, 0.25) is 13.1 Å². The highest BCUT2D eigenvalue weighted by atomic mass is 28.3. The van der Waals surface area contributed by atoms with E-state index in [1.165, 1.54) is 18.2 Å². The molecule has 2 aromatic carbocycles. The molecule has 0 fully saturated rings. The highest BCUT2D eigenvalue weighted by Crippen LogP contribution is 2.41. The molecule has 34 heavy (non-hydrogen) atoms. The van der Waals surface area contributed by atoms with E-state index in [1.807, 2.05) is 33.9 Å². The zero-order valence-electron chi connectivity index (χ0n) is 19.6. The maximum Gasteiger partial charge on any atom is 0.205 e. The molecule has 1 atom stereocenters. The van der Waals surface area contributed by atoms with Gasteiger partial charge in [0.05, 0.1) is 23.1 Å². The maximum absolute atomic E-state index is 16.0. The molecular weight excluding hydrogens is 460 g/mol. The van der Waals surface area contributed by atoms with Crippen LogP contribution in [-0.2, 0) is 4.43 Å². The summed E-state index contributed by atoms with van der Waals surface area (Å²) in [4.78, 5) is 4.48. The van der Waals surface area contributed by atoms with E-state index in [0.717, 1.165) is 12.1 Å². The zero-order chi connectivity index (χ0) is 24.8. The molecule has 1 radical (unpaired) electrons. The van der Waals surface area contributed by atoms with Gasteiger partial charge in [-0.15, -0.1) is 0 Å². The van der Waals surface area contributed by atoms with Gasteiger partial charge in [0.15, 0.2) is 11.6 Å². The van der Waals surface area contributed by atoms with Crippen molar-refractivity contribution in [1.29, 1.82) is 0 Å². The molecule has 0 bridgehead atoms. The van der Waals surface area contributed by atoms with E-state index < -0.39 is 43.8 Å². The van der Waals surface area contributed by atoms with Gasteiger partial charge in [-0.1, -0.05) is 26.8 Å². The Balaban J connectivity index is 1.89. The first-order chi connectivity index (χ1) is 16.0. The van der Waals surface area contributed by atoms with Crippen LogP contribution >= 0.6 is 0 Å². The first kappa shape index (κ1) is 24.2. The lowest BCUT2D eigenvalue weighted by atomic mass is 9.83. The predicted octanol–water partition coefficient (Wildman–Crippen LogP) is 7.58. The molecule has 0 aliphatic heterocycles. The van der Waals surface area contributed by atoms with Gasteiger partial charge >= 0.3 is 0 Å². The third kappa shape index (κ3) is 4.52. The highest BCUT2D eigenvalue weighted by Gasteiger charge is 2.34. The number of nitrogens with zero attached hydrogens (tertiary/aromatic N) is 2. The molecular formula is C26H25F4N2OSi. The van der Waals surface area contributed by atoms with Crippen LogP contribution in [0.15, 0.2) is 54.7 Å². The van der Waals surface area contributed by atoms with Gasteiger partial charge in [-0.2, -0.15) is 0 Å². The van der Waals surface area contributed by atoms with Crippen molar-refractivity contribution >= 4 is 14.7 Å². The van der Waals surface area contributed by atoms with E-state index in [1.54, 1.807) is 28.8 Å². The van der Waals surface area contributed by atoms with Crippen LogP contribution in [0.3, 0.4) is 0 Å². The summed E-state index contributed by atoms with van der Waals surface area (Å²) < 4.78 is 65.8. The van der Waals surface area contributed by atoms with E-state index in [0.29, 0.717) is 22.6 Å². The summed E-state index contributed by atoms with van der Waals surface area (Å²) >= 11 is 0. The van der Waals surface area contributed by atoms with Gasteiger partial charge < -0.3 is 4.43 Å². The van der Waals surface area contributed by atoms with Crippen LogP contribution in [0.4, 0.5) is 17.6 Å². The van der Waals surface area contributed by atoms with Crippen LogP contribution < -0.4 is 0 Å². The summed E-state index contributed by atoms with van der Waals surface area (Å²) in [5.74, 6) is -3.29. The van der Waals surface area contributed by atoms with Gasteiger partial charge in [0.25, 0.3) is 0 Å². The lowest BCUT2D eigenvalue weighted by molar-refractivity contribution is 0.0796. The fourth-order valence-electron chi connectivity index (χ4n) is 3.94. The Morgan fingerprint density at radius 3 is 2.26 bits per heavy atom. The molecule has 2 heterocycles. The third-order valence-corrected chi connectivity index (χ3v) is 6.22. The SMILES string of the molecule is C[Si](C)OC(c1c(F)ccc(-c2cccc3nc(-c4ccc(F)c(F)c4)cn23)c1F)C(C)(C)C. The van der Waals surface area contributed by atoms with Crippen LogP contribution in [0, 0.1) is 28.7 Å². The summed E-state index contributed by atoms with van der Waals surface area (Å²) in [5.41, 5.74) is 1.26. The quantitative estimate of drug-likeness (QED) is 0.215. The Hall–Kier alpha value is -2.97. The van der Waals surface area contributed by atoms with Crippen molar-refractivity contribution < 1.29 is 22.0 Å². The normalized spacial score (nSPS) is 13.1. The van der Waals surface area contributed by atoms with Crippen LogP contribution in [0.1, 0.15) is 32.4 Å². The number of pyridine rings is 1. The van der Waals surface area contributed by atoms with Crippen molar-refractivity contribution in [2.24, 2.45) is 5.41 Å². The van der Waals surface area contributed by atoms with Crippen LogP contribution in [-0.4, -0.2) is 18.4 Å². The number of halogens is 4. The molecule has 0 spiro atoms. The van der Waals surface area contributed by atoms with Crippen molar-refractivity contribution in [2.45, 2.75) is 40.0 Å². The molecule has 2 aromatic heterocycles. The Kier molecular flexibility index (Phi) is 6.39. The fraction of sp³-hybridized carbons (Fsp3) is 0.269. The first-order valence-corrected chi connectivity index (χ1v) is 13.3. The summed E-state index contributed by atoms with van der Waals surface area (Å²) in [5, 5.41) is 0. The molecule has 0 N–H and O–H groups in total. The van der Waals surface area contributed by atoms with Crippen molar-refractivity contribution in [3.63, 3.8) is 0 Å². The average molecular weight is 486 g/mol. The van der Waals surface area contributed by atoms with Crippen molar-refractivity contribution in [2.75, 3.05) is 0 Å². The van der Waals surface area contributed by atoms with Crippen molar-refractivity contribution in [3.8, 4) is 22.5 Å². The largest absolute Gasteiger partial charge is 0.410 e. The molecule has 4 aromatic rings. The Morgan fingerprint density at radius 1 is 0.912 bits per heavy atom. The average Bonchev–Trinajstić information content (AvgIpc) is 3.19. The monoisotopic (exact) mass is 485 g/mol. The van der Waals surface area contributed by atoms with E-state index >= 15 is 4.39 Å². The molecule has 8 heteroatoms. The minimum atomic E-state index is -1.25. The van der Waals surface area contributed by atoms with Gasteiger partial charge in [0.2, 0.25) is 9.04 Å². The summed E-state index contributed by atoms with van der Waals surface area (Å²) in [6.07, 6.45) is 0.854. The first-order valence-electron chi connectivity index (χ1n) is 10.9. The number of fused-ring (bicyclic) bond motifs is 1. The second-order valence-electron chi connectivity index (χ2n) is 9.49. The Bertz CT molecular complexity index is 1360. The second-order valence-corrected chi connectivity index (χ2v) is 11.5. The van der Waals surface area contributed by atoms with Crippen molar-refractivity contribution in [1.82, 2.24) is 9.38 Å². The topological polar surface area (TPSA) is 26.5 Å². The Morgan fingerprint density at radius 2 is 1.62 bits per heavy atom. The minimum absolute atomic E-state index is 0.103. The molecule has 4 rings (SSSR count). The standard InChI is InChI=1S/C26H25F4N2OSi/c1-26(2,3)25(33-34(4)5)23-18(28)12-10-16(24(23)30)21-7-6-8-22-31-20(14-32(21)22)15-9-11-17(27)19(29)13-15/h6-14,25H,1-5H3. The van der Waals surface area contributed by atoms with Crippen LogP contribution in [0.25, 0.3) is 28.2 Å². The number of rotatable bonds is 5. The molecule has 0 saturated carbocycles. The number of imidazole rings is 1. The number of hydrogen-bond donors (Lipinski definition) is 0. The molecule has 1 unspecified atom stereocenters. The second kappa shape index (κ2) is 9.00. The third-order valence-electron chi connectivity index (χ3n) is 5.51. The predicted molar refractivity (Wildman–Crippen MR) is 127 cm³/mol. The van der Waals surface area contributed by atoms with E-state index in [9.17, 15) is 13.2 Å². The lowest BCUT2D eigenvalue weighted by Gasteiger charge is -2.33. The number of hydrogen-bond acceptors (Lipinski definition) is 2. The zero-order valence-corrected chi connectivity index (χ0v) is 20.6. The smallest absolute Gasteiger partial charge is 0.205 e.